The molecule has 68 valence electrons. The highest BCUT2D eigenvalue weighted by atomic mass is 14.3. The zero-order chi connectivity index (χ0) is 9.14. The number of rotatable bonds is 2. The van der Waals surface area contributed by atoms with Crippen LogP contribution in [0.5, 0.6) is 0 Å². The Morgan fingerprint density at radius 3 is 2.75 bits per heavy atom. The van der Waals surface area contributed by atoms with Crippen LogP contribution in [-0.4, -0.2) is 0 Å². The summed E-state index contributed by atoms with van der Waals surface area (Å²) in [6.45, 7) is 12.6. The second-order valence-electron chi connectivity index (χ2n) is 4.08. The van der Waals surface area contributed by atoms with Crippen LogP contribution in [0.25, 0.3) is 0 Å². The molecule has 0 amide bonds. The molecule has 0 aromatic heterocycles. The summed E-state index contributed by atoms with van der Waals surface area (Å²) in [5.74, 6) is 1.53. The van der Waals surface area contributed by atoms with Gasteiger partial charge in [0.05, 0.1) is 0 Å². The van der Waals surface area contributed by atoms with E-state index in [9.17, 15) is 0 Å². The molecule has 0 unspecified atom stereocenters. The molecule has 0 heterocycles. The average Bonchev–Trinajstić information content (AvgIpc) is 2.05. The molecule has 0 aromatic rings. The van der Waals surface area contributed by atoms with Gasteiger partial charge >= 0.3 is 0 Å². The van der Waals surface area contributed by atoms with Crippen LogP contribution in [0.1, 0.15) is 39.5 Å². The van der Waals surface area contributed by atoms with E-state index in [-0.39, 0.29) is 0 Å². The van der Waals surface area contributed by atoms with Crippen LogP contribution in [0.4, 0.5) is 0 Å². The predicted octanol–water partition coefficient (Wildman–Crippen LogP) is 3.95. The third-order valence-electron chi connectivity index (χ3n) is 3.15. The molecule has 1 aliphatic rings. The minimum absolute atomic E-state index is 0.764. The molecule has 0 aromatic carbocycles. The first-order valence-electron chi connectivity index (χ1n) is 4.98. The first-order valence-corrected chi connectivity index (χ1v) is 4.98. The minimum atomic E-state index is 0.764. The molecule has 0 N–H and O–H groups in total. The Balaban J connectivity index is 2.55. The Morgan fingerprint density at radius 2 is 2.25 bits per heavy atom. The summed E-state index contributed by atoms with van der Waals surface area (Å²) in [5.41, 5.74) is 2.83. The number of hydrogen-bond acceptors (Lipinski definition) is 0. The van der Waals surface area contributed by atoms with Crippen LogP contribution < -0.4 is 0 Å². The Hall–Kier alpha value is -0.520. The van der Waals surface area contributed by atoms with Crippen molar-refractivity contribution in [3.63, 3.8) is 0 Å². The molecule has 0 nitrogen and oxygen atoms in total. The third-order valence-corrected chi connectivity index (χ3v) is 3.15. The van der Waals surface area contributed by atoms with E-state index in [4.69, 9.17) is 0 Å². The van der Waals surface area contributed by atoms with Crippen molar-refractivity contribution in [1.29, 1.82) is 0 Å². The quantitative estimate of drug-likeness (QED) is 0.542. The maximum absolute atomic E-state index is 4.13. The fourth-order valence-electron chi connectivity index (χ4n) is 2.09. The van der Waals surface area contributed by atoms with Crippen molar-refractivity contribution in [2.45, 2.75) is 39.5 Å². The molecule has 1 fully saturated rings. The summed E-state index contributed by atoms with van der Waals surface area (Å²) in [7, 11) is 0. The van der Waals surface area contributed by atoms with Gasteiger partial charge < -0.3 is 0 Å². The SMILES string of the molecule is C=C(C)[C@H]1CCC(=C)[C@@H](CC)C1. The lowest BCUT2D eigenvalue weighted by molar-refractivity contribution is 0.363. The van der Waals surface area contributed by atoms with Crippen LogP contribution in [0.15, 0.2) is 24.3 Å². The monoisotopic (exact) mass is 164 g/mol. The summed E-state index contributed by atoms with van der Waals surface area (Å²) in [4.78, 5) is 0. The molecule has 0 radical (unpaired) electrons. The largest absolute Gasteiger partial charge is 0.0999 e. The van der Waals surface area contributed by atoms with Crippen LogP contribution in [0.3, 0.4) is 0 Å². The van der Waals surface area contributed by atoms with Crippen LogP contribution >= 0.6 is 0 Å². The zero-order valence-corrected chi connectivity index (χ0v) is 8.40. The molecule has 1 rings (SSSR count). The van der Waals surface area contributed by atoms with Crippen molar-refractivity contribution < 1.29 is 0 Å². The van der Waals surface area contributed by atoms with Crippen molar-refractivity contribution >= 4 is 0 Å². The smallest absolute Gasteiger partial charge is 0.0200 e. The van der Waals surface area contributed by atoms with Gasteiger partial charge in [0, 0.05) is 0 Å². The molecule has 0 saturated heterocycles. The normalized spacial score (nSPS) is 30.3. The van der Waals surface area contributed by atoms with Crippen molar-refractivity contribution in [2.24, 2.45) is 11.8 Å². The summed E-state index contributed by atoms with van der Waals surface area (Å²) in [5, 5.41) is 0. The van der Waals surface area contributed by atoms with Crippen LogP contribution in [0.2, 0.25) is 0 Å². The molecular weight excluding hydrogens is 144 g/mol. The molecule has 12 heavy (non-hydrogen) atoms. The second-order valence-corrected chi connectivity index (χ2v) is 4.08. The maximum Gasteiger partial charge on any atom is -0.0200 e. The third kappa shape index (κ3) is 2.00. The standard InChI is InChI=1S/C12H20/c1-5-11-8-12(9(2)3)7-6-10(11)4/h11-12H,2,4-8H2,1,3H3/t11-,12-/m0/s1. The first-order chi connectivity index (χ1) is 5.65. The highest BCUT2D eigenvalue weighted by molar-refractivity contribution is 5.10. The number of allylic oxidation sites excluding steroid dienone is 2. The van der Waals surface area contributed by atoms with Gasteiger partial charge in [-0.25, -0.2) is 0 Å². The lowest BCUT2D eigenvalue weighted by Crippen LogP contribution is -2.17. The lowest BCUT2D eigenvalue weighted by atomic mass is 9.75. The molecule has 0 heteroatoms. The molecule has 0 spiro atoms. The molecule has 0 aliphatic heterocycles. The van der Waals surface area contributed by atoms with Gasteiger partial charge in [0.1, 0.15) is 0 Å². The van der Waals surface area contributed by atoms with Crippen molar-refractivity contribution in [2.75, 3.05) is 0 Å². The van der Waals surface area contributed by atoms with E-state index in [2.05, 4.69) is 27.0 Å². The fourth-order valence-corrected chi connectivity index (χ4v) is 2.09. The molecule has 1 aliphatic carbocycles. The van der Waals surface area contributed by atoms with E-state index in [0.717, 1.165) is 11.8 Å². The second kappa shape index (κ2) is 3.93. The molecule has 2 atom stereocenters. The van der Waals surface area contributed by atoms with E-state index in [0.29, 0.717) is 0 Å². The number of hydrogen-bond donors (Lipinski definition) is 0. The summed E-state index contributed by atoms with van der Waals surface area (Å²) in [6, 6.07) is 0. The Bertz CT molecular complexity index is 188. The van der Waals surface area contributed by atoms with Gasteiger partial charge in [-0.3, -0.25) is 0 Å². The van der Waals surface area contributed by atoms with Gasteiger partial charge in [-0.2, -0.15) is 0 Å². The van der Waals surface area contributed by atoms with Crippen molar-refractivity contribution in [1.82, 2.24) is 0 Å². The van der Waals surface area contributed by atoms with Crippen molar-refractivity contribution in [3.8, 4) is 0 Å². The van der Waals surface area contributed by atoms with Crippen LogP contribution in [0, 0.1) is 11.8 Å². The zero-order valence-electron chi connectivity index (χ0n) is 8.40. The molecular formula is C12H20. The predicted molar refractivity (Wildman–Crippen MR) is 55.1 cm³/mol. The minimum Gasteiger partial charge on any atom is -0.0999 e. The lowest BCUT2D eigenvalue weighted by Gasteiger charge is -2.30. The van der Waals surface area contributed by atoms with Crippen LogP contribution in [-0.2, 0) is 0 Å². The Morgan fingerprint density at radius 1 is 1.58 bits per heavy atom. The van der Waals surface area contributed by atoms with Gasteiger partial charge in [-0.05, 0) is 44.4 Å². The summed E-state index contributed by atoms with van der Waals surface area (Å²) in [6.07, 6.45) is 5.05. The van der Waals surface area contributed by atoms with Gasteiger partial charge in [0.25, 0.3) is 0 Å². The summed E-state index contributed by atoms with van der Waals surface area (Å²) < 4.78 is 0. The fraction of sp³-hybridized carbons (Fsp3) is 0.667. The maximum atomic E-state index is 4.13. The average molecular weight is 164 g/mol. The van der Waals surface area contributed by atoms with E-state index >= 15 is 0 Å². The van der Waals surface area contributed by atoms with Gasteiger partial charge in [-0.1, -0.05) is 31.2 Å². The molecule has 1 saturated carbocycles. The van der Waals surface area contributed by atoms with E-state index in [1.807, 2.05) is 0 Å². The van der Waals surface area contributed by atoms with E-state index in [1.54, 1.807) is 0 Å². The van der Waals surface area contributed by atoms with Gasteiger partial charge in [0.15, 0.2) is 0 Å². The van der Waals surface area contributed by atoms with E-state index < -0.39 is 0 Å². The highest BCUT2D eigenvalue weighted by Crippen LogP contribution is 2.37. The topological polar surface area (TPSA) is 0 Å². The first kappa shape index (κ1) is 9.57. The van der Waals surface area contributed by atoms with Gasteiger partial charge in [-0.15, -0.1) is 0 Å². The van der Waals surface area contributed by atoms with E-state index in [1.165, 1.54) is 36.8 Å². The Kier molecular flexibility index (Phi) is 3.13. The Labute approximate surface area is 76.4 Å². The molecule has 0 bridgehead atoms. The van der Waals surface area contributed by atoms with Gasteiger partial charge in [0.2, 0.25) is 0 Å². The highest BCUT2D eigenvalue weighted by Gasteiger charge is 2.23. The summed E-state index contributed by atoms with van der Waals surface area (Å²) >= 11 is 0. The van der Waals surface area contributed by atoms with Crippen molar-refractivity contribution in [3.05, 3.63) is 24.3 Å².